The van der Waals surface area contributed by atoms with Crippen LogP contribution in [0.5, 0.6) is 5.75 Å². The highest BCUT2D eigenvalue weighted by atomic mass is 16.5. The number of hydrogen-bond acceptors (Lipinski definition) is 4. The highest BCUT2D eigenvalue weighted by molar-refractivity contribution is 5.85. The third-order valence-corrected chi connectivity index (χ3v) is 3.69. The molecule has 0 radical (unpaired) electrons. The summed E-state index contributed by atoms with van der Waals surface area (Å²) in [4.78, 5) is 0. The number of nitrogens with zero attached hydrogens (tertiary/aromatic N) is 1. The Balaban J connectivity index is 2.17. The van der Waals surface area contributed by atoms with Gasteiger partial charge in [-0.15, -0.1) is 0 Å². The summed E-state index contributed by atoms with van der Waals surface area (Å²) in [5, 5.41) is 15.2. The fourth-order valence-corrected chi connectivity index (χ4v) is 2.06. The van der Waals surface area contributed by atoms with Crippen LogP contribution in [0.2, 0.25) is 0 Å². The van der Waals surface area contributed by atoms with Crippen molar-refractivity contribution in [2.45, 2.75) is 39.7 Å². The van der Waals surface area contributed by atoms with Crippen molar-refractivity contribution in [3.8, 4) is 5.75 Å². The van der Waals surface area contributed by atoms with E-state index in [1.165, 1.54) is 5.56 Å². The molecule has 118 valence electrons. The van der Waals surface area contributed by atoms with Crippen LogP contribution in [0.3, 0.4) is 0 Å². The molecule has 0 amide bonds. The molecule has 0 heterocycles. The van der Waals surface area contributed by atoms with Gasteiger partial charge in [-0.3, -0.25) is 0 Å². The Kier molecular flexibility index (Phi) is 7.02. The summed E-state index contributed by atoms with van der Waals surface area (Å²) >= 11 is 0. The Hall–Kier alpha value is -1.75. The van der Waals surface area contributed by atoms with Gasteiger partial charge in [-0.05, 0) is 37.1 Å². The van der Waals surface area contributed by atoms with Crippen molar-refractivity contribution in [3.63, 3.8) is 0 Å². The predicted molar refractivity (Wildman–Crippen MR) is 85.7 cm³/mol. The number of nitrogens with one attached hydrogen (secondary N) is 1. The van der Waals surface area contributed by atoms with Crippen LogP contribution in [0.15, 0.2) is 29.4 Å². The Morgan fingerprint density at radius 2 is 1.95 bits per heavy atom. The maximum absolute atomic E-state index is 8.72. The van der Waals surface area contributed by atoms with Crippen molar-refractivity contribution in [2.24, 2.45) is 16.3 Å². The first-order chi connectivity index (χ1) is 9.99. The van der Waals surface area contributed by atoms with E-state index in [9.17, 15) is 0 Å². The topological polar surface area (TPSA) is 79.9 Å². The first kappa shape index (κ1) is 17.3. The molecule has 0 aliphatic rings. The van der Waals surface area contributed by atoms with Gasteiger partial charge in [0, 0.05) is 12.0 Å². The molecular weight excluding hydrogens is 266 g/mol. The van der Waals surface area contributed by atoms with E-state index >= 15 is 0 Å². The van der Waals surface area contributed by atoms with E-state index in [1.54, 1.807) is 7.11 Å². The van der Waals surface area contributed by atoms with Crippen LogP contribution >= 0.6 is 0 Å². The standard InChI is InChI=1S/C16H27N3O2/c1-16(2,15(17)19-20)10-4-5-11-18-12-13-6-8-14(21-3)9-7-13/h6-9,18,20H,4-5,10-12H2,1-3H3,(H2,17,19). The molecule has 0 aliphatic heterocycles. The monoisotopic (exact) mass is 293 g/mol. The zero-order valence-electron chi connectivity index (χ0n) is 13.2. The number of nitrogens with two attached hydrogens (primary N) is 1. The van der Waals surface area contributed by atoms with Gasteiger partial charge >= 0.3 is 0 Å². The van der Waals surface area contributed by atoms with E-state index in [0.29, 0.717) is 5.84 Å². The molecule has 0 aliphatic carbocycles. The molecule has 0 fully saturated rings. The highest BCUT2D eigenvalue weighted by Gasteiger charge is 2.22. The SMILES string of the molecule is COc1ccc(CNCCCCC(C)(C)/C(N)=N/O)cc1. The minimum Gasteiger partial charge on any atom is -0.497 e. The summed E-state index contributed by atoms with van der Waals surface area (Å²) in [5.41, 5.74) is 6.66. The smallest absolute Gasteiger partial charge is 0.144 e. The molecule has 4 N–H and O–H groups in total. The lowest BCUT2D eigenvalue weighted by Crippen LogP contribution is -2.32. The van der Waals surface area contributed by atoms with Crippen molar-refractivity contribution >= 4 is 5.84 Å². The number of unbranched alkanes of at least 4 members (excludes halogenated alkanes) is 1. The molecule has 21 heavy (non-hydrogen) atoms. The van der Waals surface area contributed by atoms with Gasteiger partial charge in [0.25, 0.3) is 0 Å². The molecule has 0 saturated heterocycles. The van der Waals surface area contributed by atoms with Gasteiger partial charge in [-0.1, -0.05) is 37.6 Å². The van der Waals surface area contributed by atoms with Crippen molar-refractivity contribution in [2.75, 3.05) is 13.7 Å². The largest absolute Gasteiger partial charge is 0.497 e. The normalized spacial score (nSPS) is 12.4. The summed E-state index contributed by atoms with van der Waals surface area (Å²) in [7, 11) is 1.67. The maximum atomic E-state index is 8.72. The lowest BCUT2D eigenvalue weighted by Gasteiger charge is -2.22. The Morgan fingerprint density at radius 3 is 2.52 bits per heavy atom. The van der Waals surface area contributed by atoms with Crippen molar-refractivity contribution in [1.29, 1.82) is 0 Å². The van der Waals surface area contributed by atoms with Crippen LogP contribution in [-0.2, 0) is 6.54 Å². The molecule has 0 saturated carbocycles. The molecular formula is C16H27N3O2. The van der Waals surface area contributed by atoms with Crippen molar-refractivity contribution in [3.05, 3.63) is 29.8 Å². The number of ether oxygens (including phenoxy) is 1. The number of benzene rings is 1. The van der Waals surface area contributed by atoms with Gasteiger partial charge in [0.05, 0.1) is 7.11 Å². The van der Waals surface area contributed by atoms with Crippen LogP contribution < -0.4 is 15.8 Å². The first-order valence-corrected chi connectivity index (χ1v) is 7.31. The number of methoxy groups -OCH3 is 1. The highest BCUT2D eigenvalue weighted by Crippen LogP contribution is 2.23. The summed E-state index contributed by atoms with van der Waals surface area (Å²) in [6, 6.07) is 8.06. The molecule has 5 nitrogen and oxygen atoms in total. The fourth-order valence-electron chi connectivity index (χ4n) is 2.06. The van der Waals surface area contributed by atoms with Gasteiger partial charge in [0.2, 0.25) is 0 Å². The lowest BCUT2D eigenvalue weighted by molar-refractivity contribution is 0.304. The molecule has 1 aromatic carbocycles. The van der Waals surface area contributed by atoms with Crippen LogP contribution in [0.1, 0.15) is 38.7 Å². The number of rotatable bonds is 9. The Bertz CT molecular complexity index is 441. The maximum Gasteiger partial charge on any atom is 0.144 e. The van der Waals surface area contributed by atoms with Crippen LogP contribution in [0, 0.1) is 5.41 Å². The van der Waals surface area contributed by atoms with Crippen LogP contribution in [0.4, 0.5) is 0 Å². The van der Waals surface area contributed by atoms with Crippen LogP contribution in [-0.4, -0.2) is 24.7 Å². The zero-order chi connectivity index (χ0) is 15.7. The van der Waals surface area contributed by atoms with Gasteiger partial charge < -0.3 is 21.0 Å². The lowest BCUT2D eigenvalue weighted by atomic mass is 9.86. The third kappa shape index (κ3) is 6.04. The zero-order valence-corrected chi connectivity index (χ0v) is 13.2. The minimum atomic E-state index is -0.245. The summed E-state index contributed by atoms with van der Waals surface area (Å²) in [6.07, 6.45) is 3.02. The van der Waals surface area contributed by atoms with E-state index in [0.717, 1.165) is 38.1 Å². The molecule has 1 rings (SSSR count). The fraction of sp³-hybridized carbons (Fsp3) is 0.562. The number of hydrogen-bond donors (Lipinski definition) is 3. The number of oxime groups is 1. The van der Waals surface area contributed by atoms with Gasteiger partial charge in [-0.25, -0.2) is 0 Å². The summed E-state index contributed by atoms with van der Waals surface area (Å²) < 4.78 is 5.13. The van der Waals surface area contributed by atoms with Gasteiger partial charge in [-0.2, -0.15) is 0 Å². The second-order valence-corrected chi connectivity index (χ2v) is 5.85. The minimum absolute atomic E-state index is 0.245. The summed E-state index contributed by atoms with van der Waals surface area (Å²) in [5.74, 6) is 1.18. The molecule has 0 spiro atoms. The average molecular weight is 293 g/mol. The molecule has 0 bridgehead atoms. The number of amidine groups is 1. The van der Waals surface area contributed by atoms with Gasteiger partial charge in [0.15, 0.2) is 0 Å². The summed E-state index contributed by atoms with van der Waals surface area (Å²) in [6.45, 7) is 5.80. The van der Waals surface area contributed by atoms with Gasteiger partial charge in [0.1, 0.15) is 11.6 Å². The first-order valence-electron chi connectivity index (χ1n) is 7.31. The third-order valence-electron chi connectivity index (χ3n) is 3.69. The second kappa shape index (κ2) is 8.52. The van der Waals surface area contributed by atoms with Crippen molar-refractivity contribution in [1.82, 2.24) is 5.32 Å². The molecule has 0 atom stereocenters. The molecule has 0 aromatic heterocycles. The van der Waals surface area contributed by atoms with Crippen molar-refractivity contribution < 1.29 is 9.94 Å². The molecule has 1 aromatic rings. The quantitative estimate of drug-likeness (QED) is 0.215. The van der Waals surface area contributed by atoms with E-state index in [2.05, 4.69) is 22.6 Å². The van der Waals surface area contributed by atoms with Crippen LogP contribution in [0.25, 0.3) is 0 Å². The van der Waals surface area contributed by atoms with E-state index in [1.807, 2.05) is 26.0 Å². The van der Waals surface area contributed by atoms with E-state index in [-0.39, 0.29) is 5.41 Å². The Morgan fingerprint density at radius 1 is 1.29 bits per heavy atom. The Labute approximate surface area is 127 Å². The van der Waals surface area contributed by atoms with E-state index in [4.69, 9.17) is 15.7 Å². The molecule has 0 unspecified atom stereocenters. The average Bonchev–Trinajstić information content (AvgIpc) is 2.50. The van der Waals surface area contributed by atoms with E-state index < -0.39 is 0 Å². The second-order valence-electron chi connectivity index (χ2n) is 5.85. The molecule has 5 heteroatoms. The predicted octanol–water partition coefficient (Wildman–Crippen LogP) is 2.73.